The summed E-state index contributed by atoms with van der Waals surface area (Å²) in [7, 11) is 1.46. The predicted octanol–water partition coefficient (Wildman–Crippen LogP) is 5.21. The van der Waals surface area contributed by atoms with E-state index in [1.54, 1.807) is 11.3 Å². The predicted molar refractivity (Wildman–Crippen MR) is 120 cm³/mol. The molecule has 0 amide bonds. The lowest BCUT2D eigenvalue weighted by Crippen LogP contribution is -2.55. The molecule has 1 fully saturated rings. The number of ether oxygens (including phenoxy) is 2. The number of hydrogen-bond acceptors (Lipinski definition) is 7. The quantitative estimate of drug-likeness (QED) is 0.470. The fourth-order valence-electron chi connectivity index (χ4n) is 4.05. The third-order valence-electron chi connectivity index (χ3n) is 5.94. The van der Waals surface area contributed by atoms with Crippen molar-refractivity contribution in [3.8, 4) is 16.5 Å². The maximum Gasteiger partial charge on any atom is 0.325 e. The van der Waals surface area contributed by atoms with Crippen molar-refractivity contribution < 1.29 is 18.7 Å². The number of hydrogen-bond donors (Lipinski definition) is 0. The van der Waals surface area contributed by atoms with Crippen LogP contribution >= 0.6 is 11.3 Å². The molecule has 0 aliphatic carbocycles. The number of carbonyl (C=O) groups is 1. The van der Waals surface area contributed by atoms with Crippen LogP contribution in [0.5, 0.6) is 5.75 Å². The highest BCUT2D eigenvalue weighted by atomic mass is 32.1. The van der Waals surface area contributed by atoms with Gasteiger partial charge in [-0.05, 0) is 68.8 Å². The first kappa shape index (κ1) is 21.6. The molecule has 0 N–H and O–H groups in total. The number of rotatable bonds is 7. The molecule has 3 heterocycles. The number of aromatic nitrogens is 1. The van der Waals surface area contributed by atoms with Crippen molar-refractivity contribution in [1.82, 2.24) is 9.88 Å². The molecule has 0 bridgehead atoms. The van der Waals surface area contributed by atoms with E-state index >= 15 is 0 Å². The van der Waals surface area contributed by atoms with Crippen molar-refractivity contribution >= 4 is 17.3 Å². The molecule has 4 rings (SSSR count). The number of likely N-dealkylation sites (tertiary alicyclic amines) is 1. The monoisotopic (exact) mass is 440 g/mol. The third-order valence-corrected chi connectivity index (χ3v) is 6.79. The number of thiophene rings is 1. The van der Waals surface area contributed by atoms with Crippen LogP contribution in [0, 0.1) is 6.92 Å². The minimum atomic E-state index is -0.583. The smallest absolute Gasteiger partial charge is 0.325 e. The zero-order chi connectivity index (χ0) is 21.8. The summed E-state index contributed by atoms with van der Waals surface area (Å²) < 4.78 is 16.9. The van der Waals surface area contributed by atoms with Crippen LogP contribution < -0.4 is 4.74 Å². The third kappa shape index (κ3) is 4.67. The molecule has 1 atom stereocenters. The topological polar surface area (TPSA) is 64.8 Å². The average molecular weight is 441 g/mol. The van der Waals surface area contributed by atoms with Gasteiger partial charge in [0.1, 0.15) is 29.3 Å². The van der Waals surface area contributed by atoms with E-state index in [4.69, 9.17) is 13.9 Å². The summed E-state index contributed by atoms with van der Waals surface area (Å²) in [6.45, 7) is 5.78. The second-order valence-electron chi connectivity index (χ2n) is 8.08. The Morgan fingerprint density at radius 1 is 1.29 bits per heavy atom. The van der Waals surface area contributed by atoms with Gasteiger partial charge in [0.05, 0.1) is 12.0 Å². The van der Waals surface area contributed by atoms with Crippen molar-refractivity contribution in [3.05, 3.63) is 58.8 Å². The van der Waals surface area contributed by atoms with Crippen molar-refractivity contribution in [2.24, 2.45) is 0 Å². The van der Waals surface area contributed by atoms with Crippen LogP contribution in [0.3, 0.4) is 0 Å². The van der Waals surface area contributed by atoms with Crippen molar-refractivity contribution in [2.75, 3.05) is 13.7 Å². The molecule has 1 aromatic carbocycles. The molecule has 0 spiro atoms. The first-order valence-corrected chi connectivity index (χ1v) is 11.4. The minimum absolute atomic E-state index is 0.164. The van der Waals surface area contributed by atoms with E-state index in [1.807, 2.05) is 49.6 Å². The number of aryl methyl sites for hydroxylation is 1. The highest BCUT2D eigenvalue weighted by molar-refractivity contribution is 7.13. The summed E-state index contributed by atoms with van der Waals surface area (Å²) in [6, 6.07) is 12.0. The van der Waals surface area contributed by atoms with Gasteiger partial charge in [-0.2, -0.15) is 0 Å². The van der Waals surface area contributed by atoms with E-state index in [-0.39, 0.29) is 5.97 Å². The van der Waals surface area contributed by atoms with Gasteiger partial charge >= 0.3 is 5.97 Å². The number of carbonyl (C=O) groups excluding carboxylic acids is 1. The van der Waals surface area contributed by atoms with Gasteiger partial charge in [-0.3, -0.25) is 9.69 Å². The fraction of sp³-hybridized carbons (Fsp3) is 0.417. The second-order valence-corrected chi connectivity index (χ2v) is 9.03. The first-order valence-electron chi connectivity index (χ1n) is 10.5. The zero-order valence-electron chi connectivity index (χ0n) is 18.2. The van der Waals surface area contributed by atoms with E-state index in [0.717, 1.165) is 53.5 Å². The van der Waals surface area contributed by atoms with Gasteiger partial charge in [0.15, 0.2) is 0 Å². The van der Waals surface area contributed by atoms with E-state index in [2.05, 4.69) is 16.0 Å². The first-order chi connectivity index (χ1) is 15.0. The Bertz CT molecular complexity index is 1030. The van der Waals surface area contributed by atoms with Gasteiger partial charge in [-0.1, -0.05) is 18.2 Å². The van der Waals surface area contributed by atoms with Crippen LogP contribution in [0.25, 0.3) is 10.8 Å². The van der Waals surface area contributed by atoms with E-state index in [0.29, 0.717) is 19.0 Å². The molecule has 1 unspecified atom stereocenters. The molecule has 0 saturated carbocycles. The van der Waals surface area contributed by atoms with Crippen molar-refractivity contribution in [3.63, 3.8) is 0 Å². The van der Waals surface area contributed by atoms with Crippen LogP contribution in [0.1, 0.15) is 43.2 Å². The Kier molecular flexibility index (Phi) is 6.43. The lowest BCUT2D eigenvalue weighted by atomic mass is 9.88. The molecule has 6 nitrogen and oxygen atoms in total. The molecule has 3 aromatic rings. The summed E-state index contributed by atoms with van der Waals surface area (Å²) in [5.41, 5.74) is 1.31. The zero-order valence-corrected chi connectivity index (χ0v) is 19.0. The van der Waals surface area contributed by atoms with Crippen LogP contribution in [0.2, 0.25) is 0 Å². The molecule has 1 aliphatic heterocycles. The molecule has 1 aliphatic rings. The molecule has 164 valence electrons. The van der Waals surface area contributed by atoms with E-state index in [1.165, 1.54) is 7.11 Å². The summed E-state index contributed by atoms with van der Waals surface area (Å²) in [5.74, 6) is 2.01. The molecular formula is C24H28N2O4S. The molecule has 1 saturated heterocycles. The van der Waals surface area contributed by atoms with Gasteiger partial charge in [-0.25, -0.2) is 4.98 Å². The highest BCUT2D eigenvalue weighted by Crippen LogP contribution is 2.31. The van der Waals surface area contributed by atoms with Crippen LogP contribution in [-0.4, -0.2) is 35.0 Å². The van der Waals surface area contributed by atoms with Crippen molar-refractivity contribution in [2.45, 2.75) is 51.8 Å². The number of methoxy groups -OCH3 is 1. The minimum Gasteiger partial charge on any atom is -0.487 e. The maximum absolute atomic E-state index is 12.4. The van der Waals surface area contributed by atoms with E-state index < -0.39 is 5.54 Å². The lowest BCUT2D eigenvalue weighted by molar-refractivity contribution is -0.157. The van der Waals surface area contributed by atoms with E-state index in [9.17, 15) is 4.79 Å². The fourth-order valence-corrected chi connectivity index (χ4v) is 4.70. The number of benzene rings is 1. The largest absolute Gasteiger partial charge is 0.487 e. The second kappa shape index (κ2) is 9.24. The summed E-state index contributed by atoms with van der Waals surface area (Å²) >= 11 is 1.60. The van der Waals surface area contributed by atoms with Gasteiger partial charge in [-0.15, -0.1) is 11.3 Å². The van der Waals surface area contributed by atoms with Gasteiger partial charge < -0.3 is 13.9 Å². The Balaban J connectivity index is 1.44. The number of piperidine rings is 1. The number of esters is 1. The van der Waals surface area contributed by atoms with Gasteiger partial charge in [0.25, 0.3) is 0 Å². The molecular weight excluding hydrogens is 412 g/mol. The maximum atomic E-state index is 12.4. The Labute approximate surface area is 186 Å². The Morgan fingerprint density at radius 3 is 2.94 bits per heavy atom. The highest BCUT2D eigenvalue weighted by Gasteiger charge is 2.42. The van der Waals surface area contributed by atoms with Crippen LogP contribution in [0.15, 0.2) is 46.2 Å². The molecule has 0 radical (unpaired) electrons. The van der Waals surface area contributed by atoms with Crippen LogP contribution in [-0.2, 0) is 22.7 Å². The van der Waals surface area contributed by atoms with Gasteiger partial charge in [0.2, 0.25) is 5.89 Å². The lowest BCUT2D eigenvalue weighted by Gasteiger charge is -2.42. The molecule has 7 heteroatoms. The summed E-state index contributed by atoms with van der Waals surface area (Å²) in [5, 5.41) is 2.00. The van der Waals surface area contributed by atoms with Crippen LogP contribution in [0.4, 0.5) is 0 Å². The molecule has 31 heavy (non-hydrogen) atoms. The summed E-state index contributed by atoms with van der Waals surface area (Å²) in [6.07, 6.45) is 2.93. The number of oxazole rings is 1. The molecule has 2 aromatic heterocycles. The SMILES string of the molecule is COC(=O)C1(C)CCCCN1Cc1cccc(OCc2nc(-c3cccs3)oc2C)c1. The Morgan fingerprint density at radius 2 is 2.16 bits per heavy atom. The van der Waals surface area contributed by atoms with Gasteiger partial charge in [0, 0.05) is 6.54 Å². The standard InChI is InChI=1S/C24H28N2O4S/c1-17-20(25-22(30-17)21-10-7-13-31-21)16-29-19-9-6-8-18(14-19)15-26-12-5-4-11-24(26,2)23(27)28-3/h6-10,13-14H,4-5,11-12,15-16H2,1-3H3. The average Bonchev–Trinajstić information content (AvgIpc) is 3.43. The number of nitrogens with zero attached hydrogens (tertiary/aromatic N) is 2. The normalized spacial score (nSPS) is 19.3. The summed E-state index contributed by atoms with van der Waals surface area (Å²) in [4.78, 5) is 20.2. The van der Waals surface area contributed by atoms with Crippen molar-refractivity contribution in [1.29, 1.82) is 0 Å². The Hall–Kier alpha value is -2.64.